The molecule has 0 radical (unpaired) electrons. The Labute approximate surface area is 149 Å². The van der Waals surface area contributed by atoms with Crippen LogP contribution in [0.5, 0.6) is 0 Å². The number of ether oxygens (including phenoxy) is 1. The lowest BCUT2D eigenvalue weighted by Gasteiger charge is -2.43. The van der Waals surface area contributed by atoms with Crippen LogP contribution in [0.4, 0.5) is 0 Å². The minimum Gasteiger partial charge on any atom is -0.480 e. The number of carbonyl (C=O) groups is 2. The first-order valence-corrected chi connectivity index (χ1v) is 9.03. The lowest BCUT2D eigenvalue weighted by molar-refractivity contribution is -0.143. The van der Waals surface area contributed by atoms with Gasteiger partial charge in [0.25, 0.3) is 5.91 Å². The maximum atomic E-state index is 13.5. The molecule has 1 atom stereocenters. The summed E-state index contributed by atoms with van der Waals surface area (Å²) < 4.78 is 5.99. The Balaban J connectivity index is 2.03. The van der Waals surface area contributed by atoms with Gasteiger partial charge in [0.2, 0.25) is 0 Å². The molecule has 2 aliphatic rings. The third-order valence-corrected chi connectivity index (χ3v) is 5.71. The van der Waals surface area contributed by atoms with Crippen molar-refractivity contribution in [1.29, 1.82) is 0 Å². The van der Waals surface area contributed by atoms with E-state index in [9.17, 15) is 14.7 Å². The molecule has 0 bridgehead atoms. The molecule has 5 heteroatoms. The predicted molar refractivity (Wildman–Crippen MR) is 94.6 cm³/mol. The third-order valence-electron chi connectivity index (χ3n) is 5.71. The fraction of sp³-hybridized carbons (Fsp3) is 0.600. The van der Waals surface area contributed by atoms with Gasteiger partial charge in [0.05, 0.1) is 6.61 Å². The number of hydrogen-bond donors (Lipinski definition) is 1. The summed E-state index contributed by atoms with van der Waals surface area (Å²) in [4.78, 5) is 26.8. The minimum atomic E-state index is -0.994. The first-order chi connectivity index (χ1) is 11.7. The summed E-state index contributed by atoms with van der Waals surface area (Å²) in [6, 6.07) is 3.03. The van der Waals surface area contributed by atoms with Crippen LogP contribution < -0.4 is 0 Å². The largest absolute Gasteiger partial charge is 0.480 e. The average Bonchev–Trinajstić information content (AvgIpc) is 2.88. The Bertz CT molecular complexity index is 681. The van der Waals surface area contributed by atoms with Crippen LogP contribution in [0.3, 0.4) is 0 Å². The number of rotatable bonds is 2. The van der Waals surface area contributed by atoms with E-state index in [0.717, 1.165) is 29.5 Å². The van der Waals surface area contributed by atoms with Crippen molar-refractivity contribution in [2.24, 2.45) is 5.92 Å². The van der Waals surface area contributed by atoms with E-state index in [1.54, 1.807) is 0 Å². The third kappa shape index (κ3) is 3.06. The topological polar surface area (TPSA) is 66.8 Å². The molecular weight excluding hydrogens is 318 g/mol. The van der Waals surface area contributed by atoms with Crippen molar-refractivity contribution in [3.63, 3.8) is 0 Å². The monoisotopic (exact) mass is 345 g/mol. The highest BCUT2D eigenvalue weighted by molar-refractivity contribution is 6.00. The molecule has 1 unspecified atom stereocenters. The van der Waals surface area contributed by atoms with Gasteiger partial charge in [-0.25, -0.2) is 4.79 Å². The minimum absolute atomic E-state index is 0.0689. The molecule has 1 aromatic rings. The van der Waals surface area contributed by atoms with Crippen LogP contribution in [0.1, 0.15) is 59.7 Å². The fourth-order valence-electron chi connectivity index (χ4n) is 4.41. The number of benzene rings is 1. The molecule has 1 aliphatic heterocycles. The molecule has 25 heavy (non-hydrogen) atoms. The second-order valence-corrected chi connectivity index (χ2v) is 7.74. The molecule has 1 saturated carbocycles. The van der Waals surface area contributed by atoms with Gasteiger partial charge in [-0.3, -0.25) is 9.69 Å². The summed E-state index contributed by atoms with van der Waals surface area (Å²) in [6.07, 6.45) is 3.30. The molecule has 3 rings (SSSR count). The van der Waals surface area contributed by atoms with Crippen LogP contribution in [0, 0.1) is 26.7 Å². The van der Waals surface area contributed by atoms with Gasteiger partial charge in [-0.15, -0.1) is 0 Å². The Morgan fingerprint density at radius 2 is 1.72 bits per heavy atom. The van der Waals surface area contributed by atoms with Crippen LogP contribution in [-0.2, 0) is 9.53 Å². The van der Waals surface area contributed by atoms with Gasteiger partial charge in [0.15, 0.2) is 6.04 Å². The summed E-state index contributed by atoms with van der Waals surface area (Å²) in [5, 5.41) is 9.65. The molecule has 1 heterocycles. The highest BCUT2D eigenvalue weighted by Gasteiger charge is 2.54. The van der Waals surface area contributed by atoms with Gasteiger partial charge in [-0.1, -0.05) is 24.6 Å². The van der Waals surface area contributed by atoms with E-state index in [-0.39, 0.29) is 12.5 Å². The maximum Gasteiger partial charge on any atom is 0.328 e. The standard InChI is InChI=1S/C20H27NO4/c1-12-5-7-20(8-6-12)21(16(11-25-20)19(23)24)18(22)17-14(3)9-13(2)10-15(17)4/h9-10,12,16H,5-8,11H2,1-4H3,(H,23,24). The second kappa shape index (κ2) is 6.45. The van der Waals surface area contributed by atoms with Gasteiger partial charge in [-0.2, -0.15) is 0 Å². The summed E-state index contributed by atoms with van der Waals surface area (Å²) in [7, 11) is 0. The van der Waals surface area contributed by atoms with E-state index in [0.29, 0.717) is 24.3 Å². The van der Waals surface area contributed by atoms with E-state index in [1.807, 2.05) is 32.9 Å². The number of carbonyl (C=O) groups excluding carboxylic acids is 1. The Morgan fingerprint density at radius 3 is 2.24 bits per heavy atom. The Hall–Kier alpha value is -1.88. The van der Waals surface area contributed by atoms with Crippen molar-refractivity contribution in [2.75, 3.05) is 6.61 Å². The zero-order chi connectivity index (χ0) is 18.4. The lowest BCUT2D eigenvalue weighted by atomic mass is 9.83. The lowest BCUT2D eigenvalue weighted by Crippen LogP contribution is -2.55. The van der Waals surface area contributed by atoms with E-state index in [1.165, 1.54) is 4.90 Å². The highest BCUT2D eigenvalue weighted by Crippen LogP contribution is 2.43. The molecule has 1 aliphatic carbocycles. The van der Waals surface area contributed by atoms with Gasteiger partial charge in [0, 0.05) is 5.56 Å². The van der Waals surface area contributed by atoms with Crippen molar-refractivity contribution in [1.82, 2.24) is 4.90 Å². The van der Waals surface area contributed by atoms with Gasteiger partial charge in [-0.05, 0) is 63.5 Å². The fourth-order valence-corrected chi connectivity index (χ4v) is 4.41. The zero-order valence-corrected chi connectivity index (χ0v) is 15.5. The van der Waals surface area contributed by atoms with Crippen LogP contribution in [-0.4, -0.2) is 40.3 Å². The van der Waals surface area contributed by atoms with Crippen LogP contribution in [0.2, 0.25) is 0 Å². The molecular formula is C20H27NO4. The van der Waals surface area contributed by atoms with Gasteiger partial charge < -0.3 is 9.84 Å². The quantitative estimate of drug-likeness (QED) is 0.891. The number of nitrogens with zero attached hydrogens (tertiary/aromatic N) is 1. The molecule has 1 N–H and O–H groups in total. The Kier molecular flexibility index (Phi) is 4.62. The van der Waals surface area contributed by atoms with Crippen LogP contribution in [0.25, 0.3) is 0 Å². The molecule has 2 fully saturated rings. The van der Waals surface area contributed by atoms with Crippen molar-refractivity contribution in [2.45, 2.75) is 65.1 Å². The van der Waals surface area contributed by atoms with Gasteiger partial charge in [0.1, 0.15) is 5.72 Å². The van der Waals surface area contributed by atoms with Crippen molar-refractivity contribution in [3.05, 3.63) is 34.4 Å². The summed E-state index contributed by atoms with van der Waals surface area (Å²) >= 11 is 0. The number of aryl methyl sites for hydroxylation is 3. The van der Waals surface area contributed by atoms with E-state index in [4.69, 9.17) is 4.74 Å². The highest BCUT2D eigenvalue weighted by atomic mass is 16.5. The summed E-state index contributed by atoms with van der Waals surface area (Å²) in [5.41, 5.74) is 2.72. The number of carboxylic acids is 1. The summed E-state index contributed by atoms with van der Waals surface area (Å²) in [6.45, 7) is 8.08. The molecule has 1 amide bonds. The van der Waals surface area contributed by atoms with Crippen molar-refractivity contribution < 1.29 is 19.4 Å². The first-order valence-electron chi connectivity index (χ1n) is 9.03. The molecule has 1 saturated heterocycles. The first kappa shape index (κ1) is 17.9. The number of amides is 1. The number of hydrogen-bond acceptors (Lipinski definition) is 3. The molecule has 0 aromatic heterocycles. The van der Waals surface area contributed by atoms with E-state index >= 15 is 0 Å². The average molecular weight is 345 g/mol. The van der Waals surface area contributed by atoms with Crippen molar-refractivity contribution >= 4 is 11.9 Å². The second-order valence-electron chi connectivity index (χ2n) is 7.74. The van der Waals surface area contributed by atoms with Gasteiger partial charge >= 0.3 is 5.97 Å². The summed E-state index contributed by atoms with van der Waals surface area (Å²) in [5.74, 6) is -0.626. The molecule has 1 spiro atoms. The SMILES string of the molecule is Cc1cc(C)c(C(=O)N2C(C(=O)O)COC23CCC(C)CC3)c(C)c1. The number of aliphatic carboxylic acids is 1. The number of carboxylic acid groups (broad SMARTS) is 1. The molecule has 5 nitrogen and oxygen atoms in total. The van der Waals surface area contributed by atoms with Crippen LogP contribution in [0.15, 0.2) is 12.1 Å². The maximum absolute atomic E-state index is 13.5. The predicted octanol–water partition coefficient (Wildman–Crippen LogP) is 3.44. The Morgan fingerprint density at radius 1 is 1.16 bits per heavy atom. The smallest absolute Gasteiger partial charge is 0.328 e. The molecule has 1 aromatic carbocycles. The van der Waals surface area contributed by atoms with E-state index < -0.39 is 17.7 Å². The van der Waals surface area contributed by atoms with E-state index in [2.05, 4.69) is 6.92 Å². The normalized spacial score (nSPS) is 29.2. The molecule has 136 valence electrons. The van der Waals surface area contributed by atoms with Crippen molar-refractivity contribution in [3.8, 4) is 0 Å². The van der Waals surface area contributed by atoms with Crippen LogP contribution >= 0.6 is 0 Å². The zero-order valence-electron chi connectivity index (χ0n) is 15.5.